The third-order valence-electron chi connectivity index (χ3n) is 7.96. The number of aromatic nitrogens is 2. The van der Waals surface area contributed by atoms with Gasteiger partial charge in [-0.05, 0) is 29.3 Å². The van der Waals surface area contributed by atoms with Gasteiger partial charge in [0.2, 0.25) is 0 Å². The molecule has 7 rings (SSSR count). The smallest absolute Gasteiger partial charge is 0.162 e. The van der Waals surface area contributed by atoms with Crippen LogP contribution in [0.25, 0.3) is 33.8 Å². The summed E-state index contributed by atoms with van der Waals surface area (Å²) in [6.07, 6.45) is 0. The number of halogens is 1. The Morgan fingerprint density at radius 1 is 0.561 bits per heavy atom. The largest absolute Gasteiger partial charge is 0.294 e. The molecule has 0 atom stereocenters. The van der Waals surface area contributed by atoms with E-state index in [4.69, 9.17) is 21.6 Å². The van der Waals surface area contributed by atoms with E-state index < -0.39 is 0 Å². The van der Waals surface area contributed by atoms with E-state index in [1.165, 1.54) is 11.1 Å². The van der Waals surface area contributed by atoms with Crippen LogP contribution in [0.15, 0.2) is 133 Å². The van der Waals surface area contributed by atoms with Gasteiger partial charge in [-0.15, -0.1) is 0 Å². The second-order valence-corrected chi connectivity index (χ2v) is 11.2. The maximum Gasteiger partial charge on any atom is 0.162 e. The number of rotatable bonds is 4. The Kier molecular flexibility index (Phi) is 6.18. The van der Waals surface area contributed by atoms with E-state index >= 15 is 0 Å². The number of anilines is 3. The van der Waals surface area contributed by atoms with Crippen LogP contribution in [0, 0.1) is 0 Å². The molecule has 4 heteroatoms. The van der Waals surface area contributed by atoms with Crippen LogP contribution >= 0.6 is 11.6 Å². The lowest BCUT2D eigenvalue weighted by molar-refractivity contribution is 0.631. The molecule has 198 valence electrons. The van der Waals surface area contributed by atoms with Crippen LogP contribution in [0.3, 0.4) is 0 Å². The lowest BCUT2D eigenvalue weighted by atomic mass is 9.73. The van der Waals surface area contributed by atoms with Gasteiger partial charge in [0.15, 0.2) is 5.82 Å². The monoisotopic (exact) mass is 549 g/mol. The van der Waals surface area contributed by atoms with Gasteiger partial charge in [-0.1, -0.05) is 141 Å². The minimum Gasteiger partial charge on any atom is -0.294 e. The maximum atomic E-state index is 6.96. The summed E-state index contributed by atoms with van der Waals surface area (Å²) in [6.45, 7) is 4.59. The minimum absolute atomic E-state index is 0.189. The first-order chi connectivity index (χ1) is 20.0. The van der Waals surface area contributed by atoms with Crippen molar-refractivity contribution < 1.29 is 0 Å². The molecule has 3 nitrogen and oxygen atoms in total. The van der Waals surface area contributed by atoms with Crippen molar-refractivity contribution in [1.29, 1.82) is 0 Å². The standard InChI is InChI=1S/C37H28ClN3/c1-37(2)28-20-10-13-23-31(28)41(32-24-14-11-21-29(32)37)36-33(27-19-9-12-22-30(27)38)34(25-15-5-3-6-16-25)39-35(40-36)26-17-7-4-8-18-26/h3-24H,1-2H3. The van der Waals surface area contributed by atoms with Gasteiger partial charge in [-0.25, -0.2) is 9.97 Å². The highest BCUT2D eigenvalue weighted by Gasteiger charge is 2.38. The molecule has 0 saturated heterocycles. The van der Waals surface area contributed by atoms with Crippen LogP contribution in [0.2, 0.25) is 5.02 Å². The summed E-state index contributed by atoms with van der Waals surface area (Å²) < 4.78 is 0. The predicted octanol–water partition coefficient (Wildman–Crippen LogP) is 10.2. The minimum atomic E-state index is -0.189. The van der Waals surface area contributed by atoms with Gasteiger partial charge >= 0.3 is 0 Å². The van der Waals surface area contributed by atoms with E-state index in [9.17, 15) is 0 Å². The fourth-order valence-corrected chi connectivity index (χ4v) is 6.17. The zero-order valence-electron chi connectivity index (χ0n) is 22.9. The third kappa shape index (κ3) is 4.21. The Morgan fingerprint density at radius 3 is 1.68 bits per heavy atom. The fourth-order valence-electron chi connectivity index (χ4n) is 5.94. The summed E-state index contributed by atoms with van der Waals surface area (Å²) in [5.41, 5.74) is 9.07. The van der Waals surface area contributed by atoms with E-state index in [1.807, 2.05) is 54.6 Å². The molecular formula is C37H28ClN3. The van der Waals surface area contributed by atoms with Crippen molar-refractivity contribution in [2.75, 3.05) is 4.90 Å². The molecule has 1 aromatic heterocycles. The zero-order valence-corrected chi connectivity index (χ0v) is 23.7. The van der Waals surface area contributed by atoms with Crippen LogP contribution < -0.4 is 4.90 Å². The first-order valence-corrected chi connectivity index (χ1v) is 14.2. The van der Waals surface area contributed by atoms with Crippen molar-refractivity contribution in [2.24, 2.45) is 0 Å². The first-order valence-electron chi connectivity index (χ1n) is 13.8. The predicted molar refractivity (Wildman–Crippen MR) is 170 cm³/mol. The van der Waals surface area contributed by atoms with Crippen LogP contribution in [0.4, 0.5) is 17.2 Å². The second kappa shape index (κ2) is 10.0. The maximum absolute atomic E-state index is 6.96. The quantitative estimate of drug-likeness (QED) is 0.219. The number of benzene rings is 5. The van der Waals surface area contributed by atoms with Crippen molar-refractivity contribution in [2.45, 2.75) is 19.3 Å². The molecule has 6 aromatic rings. The summed E-state index contributed by atoms with van der Waals surface area (Å²) in [7, 11) is 0. The Hall–Kier alpha value is -4.73. The summed E-state index contributed by atoms with van der Waals surface area (Å²) in [5, 5.41) is 0.654. The molecule has 0 spiro atoms. The molecule has 1 aliphatic rings. The number of nitrogens with zero attached hydrogens (tertiary/aromatic N) is 3. The Balaban J connectivity index is 1.65. The Bertz CT molecular complexity index is 1830. The van der Waals surface area contributed by atoms with Crippen LogP contribution in [0.1, 0.15) is 25.0 Å². The van der Waals surface area contributed by atoms with Gasteiger partial charge in [0.1, 0.15) is 5.82 Å². The third-order valence-corrected chi connectivity index (χ3v) is 8.29. The second-order valence-electron chi connectivity index (χ2n) is 10.8. The lowest BCUT2D eigenvalue weighted by Crippen LogP contribution is -2.31. The van der Waals surface area contributed by atoms with Crippen LogP contribution in [-0.4, -0.2) is 9.97 Å². The molecule has 0 amide bonds. The Morgan fingerprint density at radius 2 is 1.07 bits per heavy atom. The van der Waals surface area contributed by atoms with E-state index in [0.717, 1.165) is 45.1 Å². The molecule has 0 bridgehead atoms. The molecule has 0 radical (unpaired) electrons. The molecule has 0 aliphatic carbocycles. The van der Waals surface area contributed by atoms with Gasteiger partial charge in [-0.2, -0.15) is 0 Å². The van der Waals surface area contributed by atoms with Crippen molar-refractivity contribution in [3.8, 4) is 33.8 Å². The normalized spacial score (nSPS) is 13.4. The fraction of sp³-hybridized carbons (Fsp3) is 0.0811. The van der Waals surface area contributed by atoms with E-state index in [2.05, 4.69) is 97.6 Å². The molecule has 0 unspecified atom stereocenters. The van der Waals surface area contributed by atoms with Gasteiger partial charge in [0.25, 0.3) is 0 Å². The average Bonchev–Trinajstić information content (AvgIpc) is 3.02. The summed E-state index contributed by atoms with van der Waals surface area (Å²) in [5.74, 6) is 1.45. The van der Waals surface area contributed by atoms with Crippen molar-refractivity contribution in [3.05, 3.63) is 150 Å². The van der Waals surface area contributed by atoms with Crippen LogP contribution in [-0.2, 0) is 5.41 Å². The number of hydrogen-bond donors (Lipinski definition) is 0. The highest BCUT2D eigenvalue weighted by molar-refractivity contribution is 6.33. The van der Waals surface area contributed by atoms with Gasteiger partial charge in [0, 0.05) is 27.1 Å². The number of fused-ring (bicyclic) bond motifs is 2. The molecule has 5 aromatic carbocycles. The molecule has 0 N–H and O–H groups in total. The molecular weight excluding hydrogens is 522 g/mol. The molecule has 41 heavy (non-hydrogen) atoms. The van der Waals surface area contributed by atoms with E-state index in [0.29, 0.717) is 10.8 Å². The summed E-state index contributed by atoms with van der Waals surface area (Å²) in [4.78, 5) is 12.9. The van der Waals surface area contributed by atoms with Gasteiger partial charge in [-0.3, -0.25) is 4.90 Å². The molecule has 0 saturated carbocycles. The van der Waals surface area contributed by atoms with Gasteiger partial charge < -0.3 is 0 Å². The van der Waals surface area contributed by atoms with E-state index in [-0.39, 0.29) is 5.41 Å². The molecule has 0 fully saturated rings. The Labute approximate surface area is 245 Å². The number of hydrogen-bond acceptors (Lipinski definition) is 3. The van der Waals surface area contributed by atoms with Crippen molar-refractivity contribution in [1.82, 2.24) is 9.97 Å². The van der Waals surface area contributed by atoms with Crippen LogP contribution in [0.5, 0.6) is 0 Å². The van der Waals surface area contributed by atoms with Gasteiger partial charge in [0.05, 0.1) is 22.6 Å². The zero-order chi connectivity index (χ0) is 28.0. The SMILES string of the molecule is CC1(C)c2ccccc2N(c2nc(-c3ccccc3)nc(-c3ccccc3)c2-c2ccccc2Cl)c2ccccc21. The summed E-state index contributed by atoms with van der Waals surface area (Å²) >= 11 is 6.96. The lowest BCUT2D eigenvalue weighted by Gasteiger charge is -2.42. The average molecular weight is 550 g/mol. The first kappa shape index (κ1) is 25.3. The molecule has 1 aliphatic heterocycles. The molecule has 2 heterocycles. The highest BCUT2D eigenvalue weighted by Crippen LogP contribution is 2.54. The topological polar surface area (TPSA) is 29.0 Å². The summed E-state index contributed by atoms with van der Waals surface area (Å²) in [6, 6.07) is 45.7. The van der Waals surface area contributed by atoms with E-state index in [1.54, 1.807) is 0 Å². The van der Waals surface area contributed by atoms with Crippen molar-refractivity contribution >= 4 is 28.8 Å². The number of para-hydroxylation sites is 2. The highest BCUT2D eigenvalue weighted by atomic mass is 35.5. The van der Waals surface area contributed by atoms with Crippen molar-refractivity contribution in [3.63, 3.8) is 0 Å².